The van der Waals surface area contributed by atoms with E-state index < -0.39 is 0 Å². The van der Waals surface area contributed by atoms with E-state index in [9.17, 15) is 0 Å². The summed E-state index contributed by atoms with van der Waals surface area (Å²) in [6, 6.07) is 4.02. The third kappa shape index (κ3) is 2.63. The molecule has 1 unspecified atom stereocenters. The molecule has 4 nitrogen and oxygen atoms in total. The Bertz CT molecular complexity index is 564. The van der Waals surface area contributed by atoms with Crippen molar-refractivity contribution < 1.29 is 0 Å². The second kappa shape index (κ2) is 5.29. The Morgan fingerprint density at radius 2 is 1.95 bits per heavy atom. The molecular weight excluding hydrogens is 260 g/mol. The second-order valence-corrected chi connectivity index (χ2v) is 5.76. The first-order valence-corrected chi connectivity index (χ1v) is 7.14. The van der Waals surface area contributed by atoms with Gasteiger partial charge >= 0.3 is 0 Å². The summed E-state index contributed by atoms with van der Waals surface area (Å²) in [7, 11) is 0. The number of hydrogen-bond acceptors (Lipinski definition) is 4. The van der Waals surface area contributed by atoms with Crippen LogP contribution in [-0.2, 0) is 0 Å². The Hall–Kier alpha value is -1.42. The minimum atomic E-state index is 0.262. The normalized spacial score (nSPS) is 18.7. The summed E-state index contributed by atoms with van der Waals surface area (Å²) in [5, 5.41) is 0.262. The van der Waals surface area contributed by atoms with Gasteiger partial charge in [0, 0.05) is 30.9 Å². The van der Waals surface area contributed by atoms with Crippen molar-refractivity contribution in [2.24, 2.45) is 5.92 Å². The van der Waals surface area contributed by atoms with Gasteiger partial charge in [-0.15, -0.1) is 11.6 Å². The summed E-state index contributed by atoms with van der Waals surface area (Å²) in [5.74, 6) is 1.62. The van der Waals surface area contributed by atoms with Crippen molar-refractivity contribution >= 4 is 28.6 Å². The Morgan fingerprint density at radius 3 is 2.68 bits per heavy atom. The van der Waals surface area contributed by atoms with E-state index in [2.05, 4.69) is 26.8 Å². The first-order valence-electron chi connectivity index (χ1n) is 6.71. The van der Waals surface area contributed by atoms with Crippen molar-refractivity contribution in [3.63, 3.8) is 0 Å². The van der Waals surface area contributed by atoms with E-state index in [1.807, 2.05) is 12.1 Å². The van der Waals surface area contributed by atoms with Crippen molar-refractivity contribution in [3.8, 4) is 0 Å². The molecule has 100 valence electrons. The molecule has 1 atom stereocenters. The van der Waals surface area contributed by atoms with E-state index in [4.69, 9.17) is 11.6 Å². The largest absolute Gasteiger partial charge is 0.357 e. The molecular formula is C14H17ClN4. The maximum atomic E-state index is 6.18. The molecule has 5 heteroatoms. The monoisotopic (exact) mass is 276 g/mol. The zero-order chi connectivity index (χ0) is 13.2. The minimum Gasteiger partial charge on any atom is -0.357 e. The number of fused-ring (bicyclic) bond motifs is 1. The quantitative estimate of drug-likeness (QED) is 0.791. The molecule has 0 radical (unpaired) electrons. The molecule has 0 amide bonds. The van der Waals surface area contributed by atoms with E-state index in [1.54, 1.807) is 12.4 Å². The number of piperidine rings is 1. The van der Waals surface area contributed by atoms with Gasteiger partial charge in [-0.2, -0.15) is 0 Å². The van der Waals surface area contributed by atoms with E-state index in [1.165, 1.54) is 0 Å². The molecule has 0 saturated carbocycles. The summed E-state index contributed by atoms with van der Waals surface area (Å²) >= 11 is 6.18. The maximum Gasteiger partial charge on any atom is 0.180 e. The van der Waals surface area contributed by atoms with Crippen LogP contribution < -0.4 is 4.90 Å². The highest BCUT2D eigenvalue weighted by Gasteiger charge is 2.23. The van der Waals surface area contributed by atoms with E-state index in [0.29, 0.717) is 11.6 Å². The topological polar surface area (TPSA) is 41.9 Å². The SMILES string of the molecule is CC(Cl)C1CCN(c2ccc3nccnc3n2)CC1. The molecule has 0 spiro atoms. The van der Waals surface area contributed by atoms with E-state index in [0.717, 1.165) is 37.3 Å². The Morgan fingerprint density at radius 1 is 1.21 bits per heavy atom. The molecule has 1 aliphatic heterocycles. The predicted octanol–water partition coefficient (Wildman–Crippen LogP) is 2.87. The van der Waals surface area contributed by atoms with Crippen LogP contribution in [0.15, 0.2) is 24.5 Å². The molecule has 1 aliphatic rings. The summed E-state index contributed by atoms with van der Waals surface area (Å²) in [6.45, 7) is 4.12. The van der Waals surface area contributed by atoms with E-state index >= 15 is 0 Å². The first kappa shape index (κ1) is 12.6. The van der Waals surface area contributed by atoms with Crippen molar-refractivity contribution in [3.05, 3.63) is 24.5 Å². The van der Waals surface area contributed by atoms with Gasteiger partial charge in [0.1, 0.15) is 11.3 Å². The van der Waals surface area contributed by atoms with E-state index in [-0.39, 0.29) is 5.38 Å². The first-order chi connectivity index (χ1) is 9.24. The smallest absolute Gasteiger partial charge is 0.180 e. The lowest BCUT2D eigenvalue weighted by atomic mass is 9.94. The fourth-order valence-electron chi connectivity index (χ4n) is 2.61. The van der Waals surface area contributed by atoms with Gasteiger partial charge in [0.05, 0.1) is 0 Å². The van der Waals surface area contributed by atoms with Crippen molar-refractivity contribution in [1.82, 2.24) is 15.0 Å². The van der Waals surface area contributed by atoms with Gasteiger partial charge in [-0.25, -0.2) is 9.97 Å². The molecule has 1 fully saturated rings. The van der Waals surface area contributed by atoms with Gasteiger partial charge in [0.25, 0.3) is 0 Å². The highest BCUT2D eigenvalue weighted by molar-refractivity contribution is 6.20. The van der Waals surface area contributed by atoms with Crippen LogP contribution >= 0.6 is 11.6 Å². The van der Waals surface area contributed by atoms with Crippen molar-refractivity contribution in [1.29, 1.82) is 0 Å². The molecule has 3 heterocycles. The molecule has 19 heavy (non-hydrogen) atoms. The number of pyridine rings is 1. The summed E-state index contributed by atoms with van der Waals surface area (Å²) in [5.41, 5.74) is 1.56. The number of halogens is 1. The van der Waals surface area contributed by atoms with Crippen LogP contribution in [0.3, 0.4) is 0 Å². The number of nitrogens with zero attached hydrogens (tertiary/aromatic N) is 4. The van der Waals surface area contributed by atoms with Crippen LogP contribution in [-0.4, -0.2) is 33.4 Å². The number of hydrogen-bond donors (Lipinski definition) is 0. The predicted molar refractivity (Wildman–Crippen MR) is 77.6 cm³/mol. The summed E-state index contributed by atoms with van der Waals surface area (Å²) in [4.78, 5) is 15.4. The fraction of sp³-hybridized carbons (Fsp3) is 0.500. The fourth-order valence-corrected chi connectivity index (χ4v) is 2.86. The number of alkyl halides is 1. The highest BCUT2D eigenvalue weighted by Crippen LogP contribution is 2.26. The number of aromatic nitrogens is 3. The van der Waals surface area contributed by atoms with Crippen LogP contribution in [0, 0.1) is 5.92 Å². The lowest BCUT2D eigenvalue weighted by molar-refractivity contribution is 0.399. The second-order valence-electron chi connectivity index (χ2n) is 5.07. The number of anilines is 1. The van der Waals surface area contributed by atoms with Gasteiger partial charge in [-0.3, -0.25) is 4.98 Å². The van der Waals surface area contributed by atoms with Crippen LogP contribution in [0.2, 0.25) is 0 Å². The zero-order valence-electron chi connectivity index (χ0n) is 11.0. The average Bonchev–Trinajstić information content (AvgIpc) is 2.47. The van der Waals surface area contributed by atoms with Crippen LogP contribution in [0.4, 0.5) is 5.82 Å². The van der Waals surface area contributed by atoms with Crippen molar-refractivity contribution in [2.45, 2.75) is 25.1 Å². The minimum absolute atomic E-state index is 0.262. The molecule has 2 aromatic rings. The van der Waals surface area contributed by atoms with Gasteiger partial charge in [0.2, 0.25) is 0 Å². The molecule has 3 rings (SSSR count). The number of rotatable bonds is 2. The zero-order valence-corrected chi connectivity index (χ0v) is 11.7. The average molecular weight is 277 g/mol. The standard InChI is InChI=1S/C14H17ClN4/c1-10(15)11-4-8-19(9-5-11)13-3-2-12-14(18-13)17-7-6-16-12/h2-3,6-7,10-11H,4-5,8-9H2,1H3. The van der Waals surface area contributed by atoms with Gasteiger partial charge in [0.15, 0.2) is 5.65 Å². The van der Waals surface area contributed by atoms with Crippen molar-refractivity contribution in [2.75, 3.05) is 18.0 Å². The highest BCUT2D eigenvalue weighted by atomic mass is 35.5. The van der Waals surface area contributed by atoms with Gasteiger partial charge in [-0.1, -0.05) is 0 Å². The van der Waals surface area contributed by atoms with Gasteiger partial charge in [-0.05, 0) is 37.8 Å². The lowest BCUT2D eigenvalue weighted by Crippen LogP contribution is -2.36. The van der Waals surface area contributed by atoms with Gasteiger partial charge < -0.3 is 4.90 Å². The summed E-state index contributed by atoms with van der Waals surface area (Å²) in [6.07, 6.45) is 5.63. The maximum absolute atomic E-state index is 6.18. The third-order valence-electron chi connectivity index (χ3n) is 3.83. The Labute approximate surface area is 117 Å². The molecule has 0 aliphatic carbocycles. The Balaban J connectivity index is 1.78. The molecule has 0 aromatic carbocycles. The Kier molecular flexibility index (Phi) is 3.51. The molecule has 2 aromatic heterocycles. The van der Waals surface area contributed by atoms with Crippen LogP contribution in [0.1, 0.15) is 19.8 Å². The van der Waals surface area contributed by atoms with Crippen LogP contribution in [0.25, 0.3) is 11.2 Å². The lowest BCUT2D eigenvalue weighted by Gasteiger charge is -2.33. The molecule has 0 bridgehead atoms. The summed E-state index contributed by atoms with van der Waals surface area (Å²) < 4.78 is 0. The molecule has 0 N–H and O–H groups in total. The third-order valence-corrected chi connectivity index (χ3v) is 4.19. The molecule has 1 saturated heterocycles. The van der Waals surface area contributed by atoms with Crippen LogP contribution in [0.5, 0.6) is 0 Å².